The maximum absolute atomic E-state index is 2.62. The van der Waals surface area contributed by atoms with Gasteiger partial charge in [0.25, 0.3) is 0 Å². The van der Waals surface area contributed by atoms with E-state index in [1.807, 2.05) is 0 Å². The van der Waals surface area contributed by atoms with E-state index < -0.39 is 0 Å². The van der Waals surface area contributed by atoms with Crippen LogP contribution in [0.2, 0.25) is 0 Å². The van der Waals surface area contributed by atoms with Crippen molar-refractivity contribution in [3.05, 3.63) is 70.2 Å². The third-order valence-electron chi connectivity index (χ3n) is 10.8. The molecule has 0 aliphatic heterocycles. The Morgan fingerprint density at radius 2 is 1.60 bits per heavy atom. The van der Waals surface area contributed by atoms with Crippen molar-refractivity contribution in [2.75, 3.05) is 0 Å². The second-order valence-electron chi connectivity index (χ2n) is 11.8. The summed E-state index contributed by atoms with van der Waals surface area (Å²) in [6.07, 6.45) is 8.50. The fourth-order valence-electron chi connectivity index (χ4n) is 7.57. The van der Waals surface area contributed by atoms with E-state index >= 15 is 0 Å². The van der Waals surface area contributed by atoms with Crippen molar-refractivity contribution in [1.29, 1.82) is 0 Å². The van der Waals surface area contributed by atoms with Gasteiger partial charge in [-0.1, -0.05) is 113 Å². The predicted octanol–water partition coefficient (Wildman–Crippen LogP) is 7.96. The Labute approximate surface area is 203 Å². The van der Waals surface area contributed by atoms with E-state index in [0.29, 0.717) is 5.92 Å². The summed E-state index contributed by atoms with van der Waals surface area (Å²) in [6, 6.07) is 9.16. The first-order valence-electron chi connectivity index (χ1n) is 11.6. The van der Waals surface area contributed by atoms with Gasteiger partial charge in [0, 0.05) is 26.2 Å². The number of allylic oxidation sites excluding steroid dienone is 6. The van der Waals surface area contributed by atoms with Gasteiger partial charge in [0.15, 0.2) is 0 Å². The molecule has 0 spiro atoms. The quantitative estimate of drug-likeness (QED) is 0.333. The zero-order valence-electron chi connectivity index (χ0n) is 20.2. The van der Waals surface area contributed by atoms with Crippen molar-refractivity contribution in [2.24, 2.45) is 27.6 Å². The summed E-state index contributed by atoms with van der Waals surface area (Å²) >= 11 is 0. The molecule has 4 aliphatic carbocycles. The predicted molar refractivity (Wildman–Crippen MR) is 124 cm³/mol. The first-order valence-corrected chi connectivity index (χ1v) is 11.6. The maximum Gasteiger partial charge on any atom is 0 e. The van der Waals surface area contributed by atoms with E-state index in [0.717, 1.165) is 6.42 Å². The number of rotatable bonds is 0. The SMILES string of the molecule is C[C-]1C2=C3Cc4ccccc4C3=C3C=CCCC3C2(C)C(C)(C)C(C)(C)C1(C)C.[Zr]. The van der Waals surface area contributed by atoms with Crippen LogP contribution < -0.4 is 0 Å². The van der Waals surface area contributed by atoms with Gasteiger partial charge in [-0.25, -0.2) is 5.92 Å². The number of hydrogen-bond acceptors (Lipinski definition) is 0. The van der Waals surface area contributed by atoms with Crippen LogP contribution in [-0.2, 0) is 32.6 Å². The van der Waals surface area contributed by atoms with Crippen LogP contribution in [0.1, 0.15) is 79.4 Å². The average molecular weight is 477 g/mol. The van der Waals surface area contributed by atoms with Crippen LogP contribution in [-0.4, -0.2) is 0 Å². The monoisotopic (exact) mass is 475 g/mol. The molecule has 2 unspecified atom stereocenters. The Hall–Kier alpha value is -0.807. The van der Waals surface area contributed by atoms with Crippen molar-refractivity contribution in [3.8, 4) is 0 Å². The van der Waals surface area contributed by atoms with E-state index in [1.165, 1.54) is 24.0 Å². The molecule has 30 heavy (non-hydrogen) atoms. The molecule has 0 N–H and O–H groups in total. The molecule has 0 saturated heterocycles. The van der Waals surface area contributed by atoms with Crippen molar-refractivity contribution in [2.45, 2.75) is 74.7 Å². The molecule has 1 saturated carbocycles. The van der Waals surface area contributed by atoms with E-state index in [4.69, 9.17) is 0 Å². The van der Waals surface area contributed by atoms with Crippen LogP contribution in [0.3, 0.4) is 0 Å². The second-order valence-corrected chi connectivity index (χ2v) is 11.8. The maximum atomic E-state index is 2.62. The van der Waals surface area contributed by atoms with Crippen molar-refractivity contribution >= 4 is 5.57 Å². The fourth-order valence-corrected chi connectivity index (χ4v) is 7.57. The molecule has 0 radical (unpaired) electrons. The van der Waals surface area contributed by atoms with Gasteiger partial charge >= 0.3 is 0 Å². The molecule has 158 valence electrons. The van der Waals surface area contributed by atoms with Crippen LogP contribution in [0.4, 0.5) is 0 Å². The Bertz CT molecular complexity index is 997. The molecule has 1 aromatic carbocycles. The summed E-state index contributed by atoms with van der Waals surface area (Å²) in [5.41, 5.74) is 10.3. The minimum atomic E-state index is 0. The third-order valence-corrected chi connectivity index (χ3v) is 10.8. The summed E-state index contributed by atoms with van der Waals surface area (Å²) in [6.45, 7) is 20.3. The largest absolute Gasteiger partial charge is 0.209 e. The Morgan fingerprint density at radius 3 is 2.30 bits per heavy atom. The van der Waals surface area contributed by atoms with Crippen LogP contribution in [0.25, 0.3) is 5.57 Å². The normalized spacial score (nSPS) is 32.1. The molecule has 0 nitrogen and oxygen atoms in total. The van der Waals surface area contributed by atoms with Crippen molar-refractivity contribution < 1.29 is 26.2 Å². The van der Waals surface area contributed by atoms with Gasteiger partial charge in [0.1, 0.15) is 0 Å². The Morgan fingerprint density at radius 1 is 0.933 bits per heavy atom. The first kappa shape index (κ1) is 22.4. The molecule has 0 bridgehead atoms. The van der Waals surface area contributed by atoms with Crippen LogP contribution in [0.5, 0.6) is 0 Å². The minimum absolute atomic E-state index is 0. The van der Waals surface area contributed by atoms with Gasteiger partial charge in [-0.3, -0.25) is 0 Å². The first-order chi connectivity index (χ1) is 13.5. The summed E-state index contributed by atoms with van der Waals surface area (Å²) < 4.78 is 0. The molecule has 1 aromatic rings. The fraction of sp³-hybridized carbons (Fsp3) is 0.552. The molecule has 2 atom stereocenters. The van der Waals surface area contributed by atoms with Gasteiger partial charge in [-0.2, -0.15) is 11.1 Å². The smallest absolute Gasteiger partial charge is 0 e. The van der Waals surface area contributed by atoms with E-state index in [2.05, 4.69) is 91.8 Å². The zero-order valence-corrected chi connectivity index (χ0v) is 22.6. The number of benzene rings is 1. The molecule has 0 aromatic heterocycles. The molecular weight excluding hydrogens is 440 g/mol. The molecule has 0 amide bonds. The van der Waals surface area contributed by atoms with Gasteiger partial charge in [-0.05, 0) is 40.6 Å². The molecule has 1 fully saturated rings. The van der Waals surface area contributed by atoms with Crippen LogP contribution >= 0.6 is 0 Å². The van der Waals surface area contributed by atoms with Gasteiger partial charge in [0.2, 0.25) is 0 Å². The molecular formula is C29H37Zr-. The number of fused-ring (bicyclic) bond motifs is 6. The summed E-state index contributed by atoms with van der Waals surface area (Å²) in [5.74, 6) is 2.24. The Balaban J connectivity index is 0.00000218. The molecule has 1 heteroatoms. The summed E-state index contributed by atoms with van der Waals surface area (Å²) in [7, 11) is 0. The van der Waals surface area contributed by atoms with Crippen LogP contribution in [0, 0.1) is 33.5 Å². The van der Waals surface area contributed by atoms with Gasteiger partial charge < -0.3 is 0 Å². The van der Waals surface area contributed by atoms with E-state index in [-0.39, 0.29) is 47.9 Å². The van der Waals surface area contributed by atoms with Gasteiger partial charge in [0.05, 0.1) is 0 Å². The standard InChI is InChI=1S/C29H37.Zr/c1-18-25-22-17-19-13-9-10-14-20(19)24(22)21-15-11-12-16-23(21)29(25,8)28(6,7)27(4,5)26(18,2)3;/h9-11,13-15,23H,12,16-17H2,1-8H3;/q-1;. The molecule has 0 heterocycles. The van der Waals surface area contributed by atoms with Crippen LogP contribution in [0.15, 0.2) is 53.1 Å². The third kappa shape index (κ3) is 2.29. The average Bonchev–Trinajstić information content (AvgIpc) is 3.05. The van der Waals surface area contributed by atoms with Gasteiger partial charge in [-0.15, -0.1) is 6.92 Å². The topological polar surface area (TPSA) is 0 Å². The number of hydrogen-bond donors (Lipinski definition) is 0. The molecule has 4 aliphatic rings. The minimum Gasteiger partial charge on any atom is -0.209 e. The van der Waals surface area contributed by atoms with E-state index in [1.54, 1.807) is 28.2 Å². The summed E-state index contributed by atoms with van der Waals surface area (Å²) in [5, 5.41) is 0. The summed E-state index contributed by atoms with van der Waals surface area (Å²) in [4.78, 5) is 0. The second kappa shape index (κ2) is 6.60. The van der Waals surface area contributed by atoms with Crippen molar-refractivity contribution in [3.63, 3.8) is 0 Å². The van der Waals surface area contributed by atoms with E-state index in [9.17, 15) is 0 Å². The molecule has 5 rings (SSSR count). The van der Waals surface area contributed by atoms with Crippen molar-refractivity contribution in [1.82, 2.24) is 0 Å². The zero-order chi connectivity index (χ0) is 21.0. The Kier molecular flexibility index (Phi) is 4.93.